The Kier molecular flexibility index (Phi) is 5.42. The van der Waals surface area contributed by atoms with Gasteiger partial charge < -0.3 is 9.47 Å². The van der Waals surface area contributed by atoms with E-state index in [-0.39, 0.29) is 0 Å². The van der Waals surface area contributed by atoms with Gasteiger partial charge >= 0.3 is 0 Å². The molecule has 2 rings (SSSR count). The molecule has 0 aliphatic carbocycles. The number of hydrogen-bond donors (Lipinski definition) is 0. The van der Waals surface area contributed by atoms with Gasteiger partial charge in [-0.1, -0.05) is 36.4 Å². The first-order chi connectivity index (χ1) is 10.8. The quantitative estimate of drug-likeness (QED) is 0.681. The van der Waals surface area contributed by atoms with Gasteiger partial charge in [0.25, 0.3) is 0 Å². The van der Waals surface area contributed by atoms with E-state index < -0.39 is 0 Å². The van der Waals surface area contributed by atoms with Gasteiger partial charge in [0.05, 0.1) is 14.2 Å². The standard InChI is InChI=1S/C20H22O2/c1-5-9-15-13-14-19(22-4)20(16(15)10-6-2)17-11-7-8-12-18(17)21-3/h5-8,11-14H,1-2,9-10H2,3-4H3. The molecule has 2 aromatic carbocycles. The van der Waals surface area contributed by atoms with Gasteiger partial charge in [0.2, 0.25) is 0 Å². The highest BCUT2D eigenvalue weighted by Crippen LogP contribution is 2.40. The van der Waals surface area contributed by atoms with E-state index in [0.717, 1.165) is 35.5 Å². The summed E-state index contributed by atoms with van der Waals surface area (Å²) in [5.41, 5.74) is 4.54. The van der Waals surface area contributed by atoms with Crippen molar-refractivity contribution in [3.63, 3.8) is 0 Å². The Morgan fingerprint density at radius 3 is 2.18 bits per heavy atom. The second-order valence-corrected chi connectivity index (χ2v) is 4.97. The predicted molar refractivity (Wildman–Crippen MR) is 92.8 cm³/mol. The number of ether oxygens (including phenoxy) is 2. The lowest BCUT2D eigenvalue weighted by atomic mass is 9.90. The van der Waals surface area contributed by atoms with Gasteiger partial charge in [-0.2, -0.15) is 0 Å². The molecule has 0 saturated carbocycles. The van der Waals surface area contributed by atoms with Gasteiger partial charge in [-0.05, 0) is 36.1 Å². The molecule has 0 unspecified atom stereocenters. The average molecular weight is 294 g/mol. The minimum atomic E-state index is 0.772. The fourth-order valence-electron chi connectivity index (χ4n) is 2.71. The monoisotopic (exact) mass is 294 g/mol. The maximum absolute atomic E-state index is 5.60. The van der Waals surface area contributed by atoms with Gasteiger partial charge in [0, 0.05) is 11.1 Å². The van der Waals surface area contributed by atoms with Crippen LogP contribution in [0, 0.1) is 0 Å². The third-order valence-electron chi connectivity index (χ3n) is 3.68. The van der Waals surface area contributed by atoms with E-state index in [0.29, 0.717) is 0 Å². The van der Waals surface area contributed by atoms with Gasteiger partial charge in [-0.25, -0.2) is 0 Å². The van der Waals surface area contributed by atoms with E-state index in [2.05, 4.69) is 25.3 Å². The molecule has 0 aliphatic rings. The SMILES string of the molecule is C=CCc1ccc(OC)c(-c2ccccc2OC)c1CC=C. The van der Waals surface area contributed by atoms with E-state index in [1.54, 1.807) is 14.2 Å². The fourth-order valence-corrected chi connectivity index (χ4v) is 2.71. The van der Waals surface area contributed by atoms with Crippen molar-refractivity contribution in [2.75, 3.05) is 14.2 Å². The lowest BCUT2D eigenvalue weighted by Gasteiger charge is -2.19. The molecular weight excluding hydrogens is 272 g/mol. The molecule has 22 heavy (non-hydrogen) atoms. The van der Waals surface area contributed by atoms with Crippen molar-refractivity contribution in [3.8, 4) is 22.6 Å². The molecule has 0 amide bonds. The molecule has 0 spiro atoms. The highest BCUT2D eigenvalue weighted by atomic mass is 16.5. The third kappa shape index (κ3) is 3.06. The van der Waals surface area contributed by atoms with Gasteiger partial charge in [0.1, 0.15) is 11.5 Å². The molecule has 2 nitrogen and oxygen atoms in total. The average Bonchev–Trinajstić information content (AvgIpc) is 2.56. The van der Waals surface area contributed by atoms with Crippen molar-refractivity contribution in [2.45, 2.75) is 12.8 Å². The zero-order chi connectivity index (χ0) is 15.9. The summed E-state index contributed by atoms with van der Waals surface area (Å²) in [5.74, 6) is 1.68. The maximum atomic E-state index is 5.60. The van der Waals surface area contributed by atoms with Crippen LogP contribution in [0.15, 0.2) is 61.7 Å². The smallest absolute Gasteiger partial charge is 0.127 e. The Bertz CT molecular complexity index is 671. The first-order valence-electron chi connectivity index (χ1n) is 7.30. The number of methoxy groups -OCH3 is 2. The number of benzene rings is 2. The maximum Gasteiger partial charge on any atom is 0.127 e. The Morgan fingerprint density at radius 2 is 1.55 bits per heavy atom. The zero-order valence-electron chi connectivity index (χ0n) is 13.3. The van der Waals surface area contributed by atoms with E-state index >= 15 is 0 Å². The molecule has 2 aromatic rings. The van der Waals surface area contributed by atoms with Crippen LogP contribution in [0.1, 0.15) is 11.1 Å². The topological polar surface area (TPSA) is 18.5 Å². The zero-order valence-corrected chi connectivity index (χ0v) is 13.3. The van der Waals surface area contributed by atoms with Crippen molar-refractivity contribution >= 4 is 0 Å². The number of para-hydroxylation sites is 1. The Balaban J connectivity index is 2.77. The van der Waals surface area contributed by atoms with Crippen LogP contribution >= 0.6 is 0 Å². The highest BCUT2D eigenvalue weighted by Gasteiger charge is 2.17. The van der Waals surface area contributed by atoms with Crippen LogP contribution < -0.4 is 9.47 Å². The molecule has 0 atom stereocenters. The molecule has 114 valence electrons. The number of hydrogen-bond acceptors (Lipinski definition) is 2. The molecular formula is C20H22O2. The molecule has 0 radical (unpaired) electrons. The minimum Gasteiger partial charge on any atom is -0.496 e. The molecule has 0 heterocycles. The fraction of sp³-hybridized carbons (Fsp3) is 0.200. The molecule has 0 bridgehead atoms. The van der Waals surface area contributed by atoms with Crippen LogP contribution in [0.25, 0.3) is 11.1 Å². The second-order valence-electron chi connectivity index (χ2n) is 4.97. The van der Waals surface area contributed by atoms with Crippen molar-refractivity contribution in [1.82, 2.24) is 0 Å². The summed E-state index contributed by atoms with van der Waals surface area (Å²) in [4.78, 5) is 0. The molecule has 0 aliphatic heterocycles. The van der Waals surface area contributed by atoms with Crippen molar-refractivity contribution in [1.29, 1.82) is 0 Å². The summed E-state index contributed by atoms with van der Waals surface area (Å²) in [5, 5.41) is 0. The summed E-state index contributed by atoms with van der Waals surface area (Å²) in [6.07, 6.45) is 5.42. The second kappa shape index (κ2) is 7.51. The van der Waals surface area contributed by atoms with Crippen LogP contribution in [0.3, 0.4) is 0 Å². The Hall–Kier alpha value is -2.48. The Labute approximate surface area is 132 Å². The predicted octanol–water partition coefficient (Wildman–Crippen LogP) is 4.83. The minimum absolute atomic E-state index is 0.772. The molecule has 0 aromatic heterocycles. The van der Waals surface area contributed by atoms with Crippen LogP contribution in [0.2, 0.25) is 0 Å². The first-order valence-corrected chi connectivity index (χ1v) is 7.30. The van der Waals surface area contributed by atoms with Crippen LogP contribution in [-0.4, -0.2) is 14.2 Å². The normalized spacial score (nSPS) is 10.1. The van der Waals surface area contributed by atoms with Gasteiger partial charge in [0.15, 0.2) is 0 Å². The van der Waals surface area contributed by atoms with Gasteiger partial charge in [-0.15, -0.1) is 13.2 Å². The summed E-state index contributed by atoms with van der Waals surface area (Å²) >= 11 is 0. The summed E-state index contributed by atoms with van der Waals surface area (Å²) in [6, 6.07) is 12.1. The molecule has 0 N–H and O–H groups in total. The number of allylic oxidation sites excluding steroid dienone is 2. The molecule has 2 heteroatoms. The van der Waals surface area contributed by atoms with Gasteiger partial charge in [-0.3, -0.25) is 0 Å². The van der Waals surface area contributed by atoms with Crippen molar-refractivity contribution < 1.29 is 9.47 Å². The molecule has 0 fully saturated rings. The lowest BCUT2D eigenvalue weighted by Crippen LogP contribution is -2.00. The summed E-state index contributed by atoms with van der Waals surface area (Å²) < 4.78 is 11.1. The number of rotatable bonds is 7. The van der Waals surface area contributed by atoms with Crippen LogP contribution in [0.4, 0.5) is 0 Å². The van der Waals surface area contributed by atoms with Crippen molar-refractivity contribution in [3.05, 3.63) is 72.8 Å². The summed E-state index contributed by atoms with van der Waals surface area (Å²) in [6.45, 7) is 7.75. The highest BCUT2D eigenvalue weighted by molar-refractivity contribution is 5.80. The van der Waals surface area contributed by atoms with E-state index in [4.69, 9.17) is 9.47 Å². The third-order valence-corrected chi connectivity index (χ3v) is 3.68. The van der Waals surface area contributed by atoms with Crippen molar-refractivity contribution in [2.24, 2.45) is 0 Å². The van der Waals surface area contributed by atoms with Crippen LogP contribution in [0.5, 0.6) is 11.5 Å². The lowest BCUT2D eigenvalue weighted by molar-refractivity contribution is 0.410. The van der Waals surface area contributed by atoms with Crippen LogP contribution in [-0.2, 0) is 12.8 Å². The largest absolute Gasteiger partial charge is 0.496 e. The van der Waals surface area contributed by atoms with E-state index in [9.17, 15) is 0 Å². The molecule has 0 saturated heterocycles. The summed E-state index contributed by atoms with van der Waals surface area (Å²) in [7, 11) is 3.38. The Morgan fingerprint density at radius 1 is 0.864 bits per heavy atom. The first kappa shape index (κ1) is 15.9. The van der Waals surface area contributed by atoms with E-state index in [1.807, 2.05) is 36.4 Å². The van der Waals surface area contributed by atoms with E-state index in [1.165, 1.54) is 11.1 Å².